The van der Waals surface area contributed by atoms with Crippen LogP contribution in [0, 0.1) is 13.8 Å². The normalized spacial score (nSPS) is 11.5. The molecule has 9 heteroatoms. The lowest BCUT2D eigenvalue weighted by Crippen LogP contribution is -2.14. The summed E-state index contributed by atoms with van der Waals surface area (Å²) in [6, 6.07) is 9.42. The third-order valence-electron chi connectivity index (χ3n) is 2.90. The third-order valence-corrected chi connectivity index (χ3v) is 5.50. The summed E-state index contributed by atoms with van der Waals surface area (Å²) in [5.74, 6) is 0.234. The van der Waals surface area contributed by atoms with E-state index in [-0.39, 0.29) is 15.8 Å². The number of nitrogens with zero attached hydrogens (tertiary/aromatic N) is 3. The lowest BCUT2D eigenvalue weighted by atomic mass is 10.2. The molecule has 0 bridgehead atoms. The van der Waals surface area contributed by atoms with E-state index in [1.165, 1.54) is 0 Å². The molecular weight excluding hydrogens is 324 g/mol. The number of aromatic nitrogens is 3. The van der Waals surface area contributed by atoms with E-state index in [2.05, 4.69) is 20.1 Å². The first kappa shape index (κ1) is 14.7. The Bertz CT molecular complexity index is 881. The third kappa shape index (κ3) is 2.72. The second-order valence-corrected chi connectivity index (χ2v) is 7.13. The Morgan fingerprint density at radius 3 is 2.50 bits per heavy atom. The van der Waals surface area contributed by atoms with Gasteiger partial charge < -0.3 is 4.52 Å². The molecule has 0 radical (unpaired) electrons. The molecule has 0 aliphatic heterocycles. The highest BCUT2D eigenvalue weighted by Gasteiger charge is 2.25. The molecular formula is C13H12N4O3S2. The zero-order chi connectivity index (χ0) is 15.7. The Kier molecular flexibility index (Phi) is 3.67. The first-order valence-corrected chi connectivity index (χ1v) is 8.62. The Morgan fingerprint density at radius 1 is 1.14 bits per heavy atom. The van der Waals surface area contributed by atoms with Gasteiger partial charge >= 0.3 is 0 Å². The van der Waals surface area contributed by atoms with Crippen LogP contribution in [0.15, 0.2) is 39.8 Å². The van der Waals surface area contributed by atoms with Gasteiger partial charge in [-0.05, 0) is 13.8 Å². The zero-order valence-corrected chi connectivity index (χ0v) is 13.4. The smallest absolute Gasteiger partial charge is 0.269 e. The maximum Gasteiger partial charge on any atom is 0.269 e. The first-order valence-electron chi connectivity index (χ1n) is 6.32. The van der Waals surface area contributed by atoms with Crippen LogP contribution in [0.5, 0.6) is 0 Å². The van der Waals surface area contributed by atoms with Crippen LogP contribution in [0.4, 0.5) is 5.13 Å². The number of nitrogens with one attached hydrogen (secondary N) is 1. The lowest BCUT2D eigenvalue weighted by Gasteiger charge is -2.02. The van der Waals surface area contributed by atoms with E-state index in [1.807, 2.05) is 30.3 Å². The van der Waals surface area contributed by atoms with Gasteiger partial charge in [-0.15, -0.1) is 10.2 Å². The van der Waals surface area contributed by atoms with E-state index in [0.29, 0.717) is 10.7 Å². The van der Waals surface area contributed by atoms with Crippen LogP contribution in [0.3, 0.4) is 0 Å². The Morgan fingerprint density at radius 2 is 1.86 bits per heavy atom. The maximum absolute atomic E-state index is 12.4. The molecule has 0 saturated carbocycles. The molecule has 2 aromatic heterocycles. The highest BCUT2D eigenvalue weighted by Crippen LogP contribution is 2.28. The van der Waals surface area contributed by atoms with Gasteiger partial charge in [-0.25, -0.2) is 8.42 Å². The van der Waals surface area contributed by atoms with Gasteiger partial charge in [0, 0.05) is 5.56 Å². The number of aryl methyl sites for hydroxylation is 2. The molecule has 114 valence electrons. The molecule has 0 fully saturated rings. The molecule has 0 unspecified atom stereocenters. The minimum Gasteiger partial charge on any atom is -0.360 e. The minimum absolute atomic E-state index is 0.0314. The summed E-state index contributed by atoms with van der Waals surface area (Å²) in [6.07, 6.45) is 0. The average molecular weight is 336 g/mol. The van der Waals surface area contributed by atoms with Crippen LogP contribution in [0.1, 0.15) is 11.5 Å². The largest absolute Gasteiger partial charge is 0.360 e. The summed E-state index contributed by atoms with van der Waals surface area (Å²) in [4.78, 5) is 0.0314. The van der Waals surface area contributed by atoms with Gasteiger partial charge in [-0.2, -0.15) is 0 Å². The van der Waals surface area contributed by atoms with E-state index in [1.54, 1.807) is 13.8 Å². The highest BCUT2D eigenvalue weighted by atomic mass is 32.2. The Balaban J connectivity index is 1.90. The van der Waals surface area contributed by atoms with E-state index < -0.39 is 10.0 Å². The SMILES string of the molecule is Cc1noc(C)c1S(=O)(=O)Nc1nnc(-c2ccccc2)s1. The Hall–Kier alpha value is -2.26. The molecule has 0 saturated heterocycles. The van der Waals surface area contributed by atoms with Gasteiger partial charge in [-0.1, -0.05) is 46.8 Å². The number of sulfonamides is 1. The summed E-state index contributed by atoms with van der Waals surface area (Å²) < 4.78 is 32.1. The van der Waals surface area contributed by atoms with Crippen molar-refractivity contribution in [3.63, 3.8) is 0 Å². The zero-order valence-electron chi connectivity index (χ0n) is 11.8. The van der Waals surface area contributed by atoms with Crippen molar-refractivity contribution in [1.82, 2.24) is 15.4 Å². The molecule has 0 amide bonds. The van der Waals surface area contributed by atoms with Gasteiger partial charge in [0.05, 0.1) is 0 Å². The average Bonchev–Trinajstić information content (AvgIpc) is 3.06. The minimum atomic E-state index is -3.80. The van der Waals surface area contributed by atoms with Gasteiger partial charge in [0.15, 0.2) is 10.7 Å². The van der Waals surface area contributed by atoms with Crippen molar-refractivity contribution in [1.29, 1.82) is 0 Å². The van der Waals surface area contributed by atoms with Crippen molar-refractivity contribution in [3.05, 3.63) is 41.8 Å². The fraction of sp³-hybridized carbons (Fsp3) is 0.154. The lowest BCUT2D eigenvalue weighted by molar-refractivity contribution is 0.390. The first-order chi connectivity index (χ1) is 10.5. The van der Waals surface area contributed by atoms with Crippen LogP contribution in [0.25, 0.3) is 10.6 Å². The van der Waals surface area contributed by atoms with Crippen molar-refractivity contribution in [2.75, 3.05) is 4.72 Å². The fourth-order valence-electron chi connectivity index (χ4n) is 1.99. The molecule has 0 aliphatic rings. The van der Waals surface area contributed by atoms with Crippen LogP contribution in [-0.4, -0.2) is 23.8 Å². The summed E-state index contributed by atoms with van der Waals surface area (Å²) in [5, 5.41) is 12.4. The summed E-state index contributed by atoms with van der Waals surface area (Å²) in [7, 11) is -3.80. The van der Waals surface area contributed by atoms with Crippen molar-refractivity contribution in [2.24, 2.45) is 0 Å². The molecule has 1 N–H and O–H groups in total. The predicted molar refractivity (Wildman–Crippen MR) is 82.1 cm³/mol. The van der Waals surface area contributed by atoms with Crippen molar-refractivity contribution >= 4 is 26.5 Å². The molecule has 0 aliphatic carbocycles. The molecule has 2 heterocycles. The second-order valence-electron chi connectivity index (χ2n) is 4.54. The van der Waals surface area contributed by atoms with Gasteiger partial charge in [0.1, 0.15) is 10.7 Å². The summed E-state index contributed by atoms with van der Waals surface area (Å²) >= 11 is 1.16. The van der Waals surface area contributed by atoms with E-state index in [9.17, 15) is 8.42 Å². The summed E-state index contributed by atoms with van der Waals surface area (Å²) in [5.41, 5.74) is 1.18. The second kappa shape index (κ2) is 5.50. The molecule has 0 spiro atoms. The molecule has 3 rings (SSSR count). The number of hydrogen-bond acceptors (Lipinski definition) is 7. The monoisotopic (exact) mass is 336 g/mol. The van der Waals surface area contributed by atoms with Crippen LogP contribution in [-0.2, 0) is 10.0 Å². The van der Waals surface area contributed by atoms with Gasteiger partial charge in [0.25, 0.3) is 10.0 Å². The highest BCUT2D eigenvalue weighted by molar-refractivity contribution is 7.93. The summed E-state index contributed by atoms with van der Waals surface area (Å²) in [6.45, 7) is 3.12. The fourth-order valence-corrected chi connectivity index (χ4v) is 4.30. The van der Waals surface area contributed by atoms with Crippen LogP contribution >= 0.6 is 11.3 Å². The Labute approximate surface area is 131 Å². The maximum atomic E-state index is 12.4. The standard InChI is InChI=1S/C13H12N4O3S2/c1-8-11(9(2)20-16-8)22(18,19)17-13-15-14-12(21-13)10-6-4-3-5-7-10/h3-7H,1-2H3,(H,15,17). The predicted octanol–water partition coefficient (Wildman–Crippen LogP) is 2.61. The molecule has 3 aromatic rings. The van der Waals surface area contributed by atoms with Gasteiger partial charge in [-0.3, -0.25) is 4.72 Å². The molecule has 7 nitrogen and oxygen atoms in total. The topological polar surface area (TPSA) is 98.0 Å². The molecule has 0 atom stereocenters. The van der Waals surface area contributed by atoms with Crippen molar-refractivity contribution in [3.8, 4) is 10.6 Å². The quantitative estimate of drug-likeness (QED) is 0.786. The molecule has 22 heavy (non-hydrogen) atoms. The van der Waals surface area contributed by atoms with Gasteiger partial charge in [0.2, 0.25) is 5.13 Å². The number of benzene rings is 1. The van der Waals surface area contributed by atoms with Crippen molar-refractivity contribution < 1.29 is 12.9 Å². The van der Waals surface area contributed by atoms with E-state index in [0.717, 1.165) is 16.9 Å². The number of rotatable bonds is 4. The molecule has 1 aromatic carbocycles. The van der Waals surface area contributed by atoms with Crippen LogP contribution < -0.4 is 4.72 Å². The van der Waals surface area contributed by atoms with E-state index in [4.69, 9.17) is 4.52 Å². The van der Waals surface area contributed by atoms with E-state index >= 15 is 0 Å². The van der Waals surface area contributed by atoms with Crippen molar-refractivity contribution in [2.45, 2.75) is 18.7 Å². The number of hydrogen-bond donors (Lipinski definition) is 1. The van der Waals surface area contributed by atoms with Crippen LogP contribution in [0.2, 0.25) is 0 Å². The number of anilines is 1.